The zero-order chi connectivity index (χ0) is 12.6. The highest BCUT2D eigenvalue weighted by molar-refractivity contribution is 5.17. The molecule has 1 aliphatic heterocycles. The Labute approximate surface area is 108 Å². The van der Waals surface area contributed by atoms with Crippen LogP contribution in [-0.2, 0) is 0 Å². The van der Waals surface area contributed by atoms with Gasteiger partial charge in [-0.3, -0.25) is 4.90 Å². The highest BCUT2D eigenvalue weighted by atomic mass is 15.2. The first-order valence-electron chi connectivity index (χ1n) is 7.48. The fraction of sp³-hybridized carbons (Fsp3) is 0.875. The predicted molar refractivity (Wildman–Crippen MR) is 76.0 cm³/mol. The van der Waals surface area contributed by atoms with Gasteiger partial charge in [0.2, 0.25) is 0 Å². The molecule has 0 N–H and O–H groups in total. The van der Waals surface area contributed by atoms with Gasteiger partial charge >= 0.3 is 0 Å². The highest BCUT2D eigenvalue weighted by Gasteiger charge is 2.31. The minimum Gasteiger partial charge on any atom is -0.288 e. The van der Waals surface area contributed by atoms with Gasteiger partial charge in [-0.05, 0) is 45.7 Å². The van der Waals surface area contributed by atoms with Crippen molar-refractivity contribution in [1.29, 1.82) is 0 Å². The molecule has 1 unspecified atom stereocenters. The van der Waals surface area contributed by atoms with Crippen molar-refractivity contribution in [3.8, 4) is 11.8 Å². The molecule has 0 aliphatic carbocycles. The first-order valence-corrected chi connectivity index (χ1v) is 7.48. The molecule has 98 valence electrons. The first-order chi connectivity index (χ1) is 8.23. The van der Waals surface area contributed by atoms with Crippen molar-refractivity contribution in [2.75, 3.05) is 13.1 Å². The van der Waals surface area contributed by atoms with Crippen LogP contribution in [0.3, 0.4) is 0 Å². The molecule has 0 aromatic rings. The molecule has 1 heterocycles. The van der Waals surface area contributed by atoms with Gasteiger partial charge in [0.25, 0.3) is 0 Å². The van der Waals surface area contributed by atoms with Crippen LogP contribution in [0, 0.1) is 11.8 Å². The molecule has 0 amide bonds. The highest BCUT2D eigenvalue weighted by Crippen LogP contribution is 2.26. The third-order valence-corrected chi connectivity index (χ3v) is 3.83. The number of unbranched alkanes of at least 4 members (excludes halogenated alkanes) is 3. The van der Waals surface area contributed by atoms with Crippen molar-refractivity contribution in [2.45, 2.75) is 77.7 Å². The normalized spacial score (nSPS) is 19.7. The average molecular weight is 235 g/mol. The summed E-state index contributed by atoms with van der Waals surface area (Å²) in [5.41, 5.74) is 0.153. The van der Waals surface area contributed by atoms with Crippen LogP contribution in [0.4, 0.5) is 0 Å². The molecule has 1 atom stereocenters. The van der Waals surface area contributed by atoms with E-state index in [0.29, 0.717) is 0 Å². The number of likely N-dealkylation sites (tertiary alicyclic amines) is 1. The maximum atomic E-state index is 3.58. The molecular formula is C16H29N. The smallest absolute Gasteiger partial charge is 0.0797 e. The first kappa shape index (κ1) is 14.6. The van der Waals surface area contributed by atoms with Gasteiger partial charge in [0.15, 0.2) is 0 Å². The van der Waals surface area contributed by atoms with E-state index in [9.17, 15) is 0 Å². The van der Waals surface area contributed by atoms with E-state index in [-0.39, 0.29) is 5.54 Å². The fourth-order valence-electron chi connectivity index (χ4n) is 2.55. The second-order valence-corrected chi connectivity index (χ2v) is 5.48. The Morgan fingerprint density at radius 1 is 1.06 bits per heavy atom. The average Bonchev–Trinajstić information content (AvgIpc) is 2.86. The molecule has 1 nitrogen and oxygen atoms in total. The summed E-state index contributed by atoms with van der Waals surface area (Å²) in [4.78, 5) is 2.61. The SMILES string of the molecule is CCCCC#CC(C)(CCCC)N1CCCC1. The van der Waals surface area contributed by atoms with Gasteiger partial charge in [0, 0.05) is 6.42 Å². The van der Waals surface area contributed by atoms with Gasteiger partial charge in [0.05, 0.1) is 5.54 Å². The number of hydrogen-bond acceptors (Lipinski definition) is 1. The summed E-state index contributed by atoms with van der Waals surface area (Å²) in [5.74, 6) is 7.00. The van der Waals surface area contributed by atoms with Gasteiger partial charge in [-0.1, -0.05) is 39.0 Å². The Hall–Kier alpha value is -0.480. The zero-order valence-corrected chi connectivity index (χ0v) is 12.0. The predicted octanol–water partition coefficient (Wildman–Crippen LogP) is 4.22. The van der Waals surface area contributed by atoms with E-state index in [1.807, 2.05) is 0 Å². The molecule has 1 heteroatoms. The van der Waals surface area contributed by atoms with Gasteiger partial charge < -0.3 is 0 Å². The van der Waals surface area contributed by atoms with E-state index in [1.54, 1.807) is 0 Å². The summed E-state index contributed by atoms with van der Waals surface area (Å²) >= 11 is 0. The number of nitrogens with zero attached hydrogens (tertiary/aromatic N) is 1. The lowest BCUT2D eigenvalue weighted by Crippen LogP contribution is -2.43. The largest absolute Gasteiger partial charge is 0.288 e. The fourth-order valence-corrected chi connectivity index (χ4v) is 2.55. The Kier molecular flexibility index (Phi) is 6.66. The van der Waals surface area contributed by atoms with Crippen molar-refractivity contribution in [1.82, 2.24) is 4.90 Å². The maximum Gasteiger partial charge on any atom is 0.0797 e. The number of rotatable bonds is 6. The van der Waals surface area contributed by atoms with Crippen molar-refractivity contribution >= 4 is 0 Å². The topological polar surface area (TPSA) is 3.24 Å². The third kappa shape index (κ3) is 4.72. The van der Waals surface area contributed by atoms with Crippen LogP contribution in [0.2, 0.25) is 0 Å². The lowest BCUT2D eigenvalue weighted by molar-refractivity contribution is 0.179. The van der Waals surface area contributed by atoms with Crippen molar-refractivity contribution in [3.63, 3.8) is 0 Å². The molecule has 0 aromatic carbocycles. The molecular weight excluding hydrogens is 206 g/mol. The summed E-state index contributed by atoms with van der Waals surface area (Å²) in [5, 5.41) is 0. The van der Waals surface area contributed by atoms with E-state index in [2.05, 4.69) is 37.5 Å². The van der Waals surface area contributed by atoms with Crippen LogP contribution >= 0.6 is 0 Å². The molecule has 0 aromatic heterocycles. The summed E-state index contributed by atoms with van der Waals surface area (Å²) in [6.07, 6.45) is 10.1. The van der Waals surface area contributed by atoms with Crippen LogP contribution in [0.25, 0.3) is 0 Å². The maximum absolute atomic E-state index is 3.58. The summed E-state index contributed by atoms with van der Waals surface area (Å²) in [6.45, 7) is 9.37. The second kappa shape index (κ2) is 7.77. The van der Waals surface area contributed by atoms with E-state index in [0.717, 1.165) is 6.42 Å². The summed E-state index contributed by atoms with van der Waals surface area (Å²) in [6, 6.07) is 0. The zero-order valence-electron chi connectivity index (χ0n) is 12.0. The summed E-state index contributed by atoms with van der Waals surface area (Å²) < 4.78 is 0. The molecule has 1 fully saturated rings. The van der Waals surface area contributed by atoms with Crippen LogP contribution in [0.15, 0.2) is 0 Å². The van der Waals surface area contributed by atoms with Crippen LogP contribution in [0.5, 0.6) is 0 Å². The van der Waals surface area contributed by atoms with Crippen LogP contribution in [-0.4, -0.2) is 23.5 Å². The molecule has 0 spiro atoms. The lowest BCUT2D eigenvalue weighted by atomic mass is 9.93. The van der Waals surface area contributed by atoms with E-state index < -0.39 is 0 Å². The Bertz CT molecular complexity index is 254. The second-order valence-electron chi connectivity index (χ2n) is 5.48. The molecule has 17 heavy (non-hydrogen) atoms. The van der Waals surface area contributed by atoms with Crippen LogP contribution < -0.4 is 0 Å². The third-order valence-electron chi connectivity index (χ3n) is 3.83. The molecule has 0 bridgehead atoms. The van der Waals surface area contributed by atoms with E-state index in [1.165, 1.54) is 58.0 Å². The minimum absolute atomic E-state index is 0.153. The van der Waals surface area contributed by atoms with Crippen molar-refractivity contribution in [2.24, 2.45) is 0 Å². The summed E-state index contributed by atoms with van der Waals surface area (Å²) in [7, 11) is 0. The Balaban J connectivity index is 2.58. The van der Waals surface area contributed by atoms with E-state index >= 15 is 0 Å². The van der Waals surface area contributed by atoms with Gasteiger partial charge in [0.1, 0.15) is 0 Å². The molecule has 0 radical (unpaired) electrons. The molecule has 1 aliphatic rings. The van der Waals surface area contributed by atoms with Crippen LogP contribution in [0.1, 0.15) is 72.1 Å². The van der Waals surface area contributed by atoms with Gasteiger partial charge in [-0.2, -0.15) is 0 Å². The number of hydrogen-bond donors (Lipinski definition) is 0. The Morgan fingerprint density at radius 2 is 1.71 bits per heavy atom. The van der Waals surface area contributed by atoms with Crippen molar-refractivity contribution in [3.05, 3.63) is 0 Å². The monoisotopic (exact) mass is 235 g/mol. The minimum atomic E-state index is 0.153. The molecule has 0 saturated carbocycles. The standard InChI is InChI=1S/C16H29N/c1-4-6-8-9-13-16(3,12-7-5-2)17-14-10-11-15-17/h4-8,10-12,14-15H2,1-3H3. The van der Waals surface area contributed by atoms with Crippen molar-refractivity contribution < 1.29 is 0 Å². The van der Waals surface area contributed by atoms with Gasteiger partial charge in [-0.15, -0.1) is 5.92 Å². The van der Waals surface area contributed by atoms with E-state index in [4.69, 9.17) is 0 Å². The molecule has 1 rings (SSSR count). The lowest BCUT2D eigenvalue weighted by Gasteiger charge is -2.34. The molecule has 1 saturated heterocycles. The van der Waals surface area contributed by atoms with Gasteiger partial charge in [-0.25, -0.2) is 0 Å². The quantitative estimate of drug-likeness (QED) is 0.492. The Morgan fingerprint density at radius 3 is 2.29 bits per heavy atom.